The molecular weight excluding hydrogens is 294 g/mol. The molecule has 2 heterocycles. The van der Waals surface area contributed by atoms with Crippen LogP contribution in [0, 0.1) is 0 Å². The number of cyclic esters (lactones) is 1. The number of hydrogen-bond donors (Lipinski definition) is 1. The SMILES string of the molecule is C[C@H](NC(=O)c1cccc(N2CCOC2=O)c1)c1cccnc1. The smallest absolute Gasteiger partial charge is 0.414 e. The molecule has 0 spiro atoms. The Labute approximate surface area is 134 Å². The lowest BCUT2D eigenvalue weighted by molar-refractivity contribution is 0.0939. The topological polar surface area (TPSA) is 71.5 Å². The van der Waals surface area contributed by atoms with Crippen LogP contribution in [0.25, 0.3) is 0 Å². The first-order chi connectivity index (χ1) is 11.1. The van der Waals surface area contributed by atoms with Crippen LogP contribution in [0.15, 0.2) is 48.8 Å². The average Bonchev–Trinajstić information content (AvgIpc) is 3.02. The first kappa shape index (κ1) is 15.0. The van der Waals surface area contributed by atoms with Crippen molar-refractivity contribution in [3.05, 3.63) is 59.9 Å². The van der Waals surface area contributed by atoms with Gasteiger partial charge in [0.25, 0.3) is 5.91 Å². The minimum absolute atomic E-state index is 0.156. The fraction of sp³-hybridized carbons (Fsp3) is 0.235. The molecule has 6 heteroatoms. The molecule has 1 aromatic heterocycles. The summed E-state index contributed by atoms with van der Waals surface area (Å²) in [5.74, 6) is -0.198. The first-order valence-corrected chi connectivity index (χ1v) is 7.40. The molecule has 1 aliphatic rings. The number of rotatable bonds is 4. The lowest BCUT2D eigenvalue weighted by Crippen LogP contribution is -2.27. The number of anilines is 1. The van der Waals surface area contributed by atoms with Gasteiger partial charge in [0.05, 0.1) is 12.6 Å². The van der Waals surface area contributed by atoms with Gasteiger partial charge >= 0.3 is 6.09 Å². The maximum Gasteiger partial charge on any atom is 0.414 e. The van der Waals surface area contributed by atoms with E-state index in [4.69, 9.17) is 4.74 Å². The molecule has 1 fully saturated rings. The lowest BCUT2D eigenvalue weighted by Gasteiger charge is -2.16. The summed E-state index contributed by atoms with van der Waals surface area (Å²) in [5, 5.41) is 2.93. The van der Waals surface area contributed by atoms with Crippen LogP contribution in [0.2, 0.25) is 0 Å². The van der Waals surface area contributed by atoms with Crippen LogP contribution < -0.4 is 10.2 Å². The number of nitrogens with zero attached hydrogens (tertiary/aromatic N) is 2. The van der Waals surface area contributed by atoms with E-state index < -0.39 is 0 Å². The van der Waals surface area contributed by atoms with Crippen molar-refractivity contribution in [1.82, 2.24) is 10.3 Å². The van der Waals surface area contributed by atoms with E-state index in [-0.39, 0.29) is 18.0 Å². The second-order valence-corrected chi connectivity index (χ2v) is 5.30. The molecule has 1 aliphatic heterocycles. The Morgan fingerprint density at radius 3 is 2.91 bits per heavy atom. The minimum atomic E-state index is -0.383. The quantitative estimate of drug-likeness (QED) is 0.942. The monoisotopic (exact) mass is 311 g/mol. The zero-order valence-electron chi connectivity index (χ0n) is 12.7. The molecule has 1 N–H and O–H groups in total. The number of hydrogen-bond acceptors (Lipinski definition) is 4. The molecule has 6 nitrogen and oxygen atoms in total. The number of ether oxygens (including phenoxy) is 1. The van der Waals surface area contributed by atoms with Crippen molar-refractivity contribution < 1.29 is 14.3 Å². The molecule has 0 aliphatic carbocycles. The Balaban J connectivity index is 1.74. The minimum Gasteiger partial charge on any atom is -0.447 e. The van der Waals surface area contributed by atoms with Crippen LogP contribution in [-0.2, 0) is 4.74 Å². The van der Waals surface area contributed by atoms with Crippen molar-refractivity contribution in [3.8, 4) is 0 Å². The van der Waals surface area contributed by atoms with Gasteiger partial charge in [-0.05, 0) is 36.8 Å². The fourth-order valence-corrected chi connectivity index (χ4v) is 2.44. The highest BCUT2D eigenvalue weighted by atomic mass is 16.6. The summed E-state index contributed by atoms with van der Waals surface area (Å²) in [6, 6.07) is 10.5. The number of pyridine rings is 1. The normalized spacial score (nSPS) is 15.2. The van der Waals surface area contributed by atoms with E-state index in [0.717, 1.165) is 5.56 Å². The molecule has 3 rings (SSSR count). The zero-order chi connectivity index (χ0) is 16.2. The van der Waals surface area contributed by atoms with Gasteiger partial charge in [-0.25, -0.2) is 4.79 Å². The van der Waals surface area contributed by atoms with Crippen LogP contribution in [0.5, 0.6) is 0 Å². The summed E-state index contributed by atoms with van der Waals surface area (Å²) >= 11 is 0. The van der Waals surface area contributed by atoms with Crippen molar-refractivity contribution in [2.45, 2.75) is 13.0 Å². The van der Waals surface area contributed by atoms with Gasteiger partial charge in [-0.2, -0.15) is 0 Å². The van der Waals surface area contributed by atoms with Gasteiger partial charge < -0.3 is 10.1 Å². The number of nitrogens with one attached hydrogen (secondary N) is 1. The Hall–Kier alpha value is -2.89. The van der Waals surface area contributed by atoms with Crippen LogP contribution in [0.3, 0.4) is 0 Å². The van der Waals surface area contributed by atoms with Crippen LogP contribution in [-0.4, -0.2) is 30.1 Å². The lowest BCUT2D eigenvalue weighted by atomic mass is 10.1. The van der Waals surface area contributed by atoms with Gasteiger partial charge in [0.15, 0.2) is 0 Å². The second-order valence-electron chi connectivity index (χ2n) is 5.30. The summed E-state index contributed by atoms with van der Waals surface area (Å²) in [7, 11) is 0. The third kappa shape index (κ3) is 3.31. The van der Waals surface area contributed by atoms with Crippen LogP contribution >= 0.6 is 0 Å². The van der Waals surface area contributed by atoms with Gasteiger partial charge in [0.1, 0.15) is 6.61 Å². The summed E-state index contributed by atoms with van der Waals surface area (Å²) < 4.78 is 4.92. The van der Waals surface area contributed by atoms with E-state index in [0.29, 0.717) is 24.4 Å². The van der Waals surface area contributed by atoms with E-state index in [2.05, 4.69) is 10.3 Å². The molecule has 118 valence electrons. The number of carbonyl (C=O) groups is 2. The van der Waals surface area contributed by atoms with Gasteiger partial charge in [-0.3, -0.25) is 14.7 Å². The first-order valence-electron chi connectivity index (χ1n) is 7.40. The summed E-state index contributed by atoms with van der Waals surface area (Å²) in [6.07, 6.45) is 3.03. The van der Waals surface area contributed by atoms with E-state index in [1.54, 1.807) is 36.7 Å². The Morgan fingerprint density at radius 1 is 1.35 bits per heavy atom. The maximum absolute atomic E-state index is 12.4. The van der Waals surface area contributed by atoms with Gasteiger partial charge in [-0.15, -0.1) is 0 Å². The third-order valence-corrected chi connectivity index (χ3v) is 3.71. The predicted octanol–water partition coefficient (Wildman–Crippen LogP) is 2.53. The van der Waals surface area contributed by atoms with Crippen molar-refractivity contribution in [2.24, 2.45) is 0 Å². The molecule has 1 aromatic carbocycles. The number of aromatic nitrogens is 1. The molecule has 2 amide bonds. The predicted molar refractivity (Wildman–Crippen MR) is 85.3 cm³/mol. The molecule has 2 aromatic rings. The second kappa shape index (κ2) is 6.48. The van der Waals surface area contributed by atoms with Crippen LogP contribution in [0.4, 0.5) is 10.5 Å². The Morgan fingerprint density at radius 2 is 2.22 bits per heavy atom. The van der Waals surface area contributed by atoms with Crippen LogP contribution in [0.1, 0.15) is 28.9 Å². The molecule has 0 unspecified atom stereocenters. The largest absolute Gasteiger partial charge is 0.447 e. The number of amides is 2. The molecular formula is C17H17N3O3. The van der Waals surface area contributed by atoms with Gasteiger partial charge in [0.2, 0.25) is 0 Å². The molecule has 0 bridgehead atoms. The maximum atomic E-state index is 12.4. The fourth-order valence-electron chi connectivity index (χ4n) is 2.44. The van der Waals surface area contributed by atoms with E-state index >= 15 is 0 Å². The highest BCUT2D eigenvalue weighted by molar-refractivity contribution is 5.97. The van der Waals surface area contributed by atoms with Crippen molar-refractivity contribution in [3.63, 3.8) is 0 Å². The van der Waals surface area contributed by atoms with E-state index in [1.807, 2.05) is 19.1 Å². The van der Waals surface area contributed by atoms with Gasteiger partial charge in [-0.1, -0.05) is 12.1 Å². The number of carbonyl (C=O) groups excluding carboxylic acids is 2. The Kier molecular flexibility index (Phi) is 4.23. The van der Waals surface area contributed by atoms with Gasteiger partial charge in [0, 0.05) is 23.6 Å². The van der Waals surface area contributed by atoms with E-state index in [1.165, 1.54) is 4.90 Å². The Bertz CT molecular complexity index is 718. The molecule has 1 atom stereocenters. The standard InChI is InChI=1S/C17H17N3O3/c1-12(14-5-3-7-18-11-14)19-16(21)13-4-2-6-15(10-13)20-8-9-23-17(20)22/h2-7,10-12H,8-9H2,1H3,(H,19,21)/t12-/m0/s1. The summed E-state index contributed by atoms with van der Waals surface area (Å²) in [5.41, 5.74) is 2.09. The zero-order valence-corrected chi connectivity index (χ0v) is 12.7. The molecule has 0 saturated carbocycles. The summed E-state index contributed by atoms with van der Waals surface area (Å²) in [6.45, 7) is 2.76. The highest BCUT2D eigenvalue weighted by Gasteiger charge is 2.24. The van der Waals surface area contributed by atoms with Crippen molar-refractivity contribution in [1.29, 1.82) is 0 Å². The number of benzene rings is 1. The summed E-state index contributed by atoms with van der Waals surface area (Å²) in [4.78, 5) is 29.6. The highest BCUT2D eigenvalue weighted by Crippen LogP contribution is 2.20. The van der Waals surface area contributed by atoms with Crippen molar-refractivity contribution in [2.75, 3.05) is 18.1 Å². The molecule has 23 heavy (non-hydrogen) atoms. The van der Waals surface area contributed by atoms with E-state index in [9.17, 15) is 9.59 Å². The molecule has 0 radical (unpaired) electrons. The van der Waals surface area contributed by atoms with Crippen molar-refractivity contribution >= 4 is 17.7 Å². The average molecular weight is 311 g/mol. The molecule has 1 saturated heterocycles. The third-order valence-electron chi connectivity index (χ3n) is 3.71.